The van der Waals surface area contributed by atoms with E-state index in [-0.39, 0.29) is 24.3 Å². The van der Waals surface area contributed by atoms with E-state index in [4.69, 9.17) is 0 Å². The fraction of sp³-hybridized carbons (Fsp3) is 0.375. The summed E-state index contributed by atoms with van der Waals surface area (Å²) in [6.45, 7) is 5.26. The lowest BCUT2D eigenvalue weighted by atomic mass is 10.1. The average Bonchev–Trinajstić information content (AvgIpc) is 2.78. The summed E-state index contributed by atoms with van der Waals surface area (Å²) in [5.41, 5.74) is 3.60. The Morgan fingerprint density at radius 2 is 1.77 bits per heavy atom. The fourth-order valence-electron chi connectivity index (χ4n) is 3.98. The molecular weight excluding hydrogens is 410 g/mol. The maximum Gasteiger partial charge on any atom is 0.250 e. The van der Waals surface area contributed by atoms with Gasteiger partial charge in [-0.15, -0.1) is 11.8 Å². The molecule has 0 aromatic heterocycles. The molecular formula is C24H27N3O3S. The van der Waals surface area contributed by atoms with Crippen molar-refractivity contribution in [2.24, 2.45) is 0 Å². The lowest BCUT2D eigenvalue weighted by Crippen LogP contribution is -2.52. The number of carbonyl (C=O) groups excluding carboxylic acids is 3. The molecule has 0 aliphatic carbocycles. The topological polar surface area (TPSA) is 69.7 Å². The molecule has 2 heterocycles. The minimum atomic E-state index is -0.845. The zero-order valence-electron chi connectivity index (χ0n) is 17.9. The van der Waals surface area contributed by atoms with Gasteiger partial charge in [0.05, 0.1) is 5.69 Å². The van der Waals surface area contributed by atoms with Gasteiger partial charge in [0.25, 0.3) is 5.91 Å². The zero-order chi connectivity index (χ0) is 22.0. The van der Waals surface area contributed by atoms with E-state index in [1.807, 2.05) is 56.3 Å². The molecule has 1 atom stereocenters. The standard InChI is InChI=1S/C24H27N3O3S/c1-16-10-11-18(14-17(16)2)25-21(28)15-27-19-8-4-5-9-20(19)31-22(24(27)30)23(29)26-12-6-3-7-13-26/h4-5,8-11,14,22H,3,6-7,12-13,15H2,1-2H3,(H,25,28)/t22-/m1/s1. The molecule has 7 heteroatoms. The molecule has 0 spiro atoms. The Balaban J connectivity index is 1.54. The number of likely N-dealkylation sites (tertiary alicyclic amines) is 1. The van der Waals surface area contributed by atoms with E-state index < -0.39 is 5.25 Å². The third-order valence-corrected chi connectivity index (χ3v) is 7.11. The maximum atomic E-state index is 13.3. The SMILES string of the molecule is Cc1ccc(NC(=O)CN2C(=O)[C@@H](C(=O)N3CCCCC3)Sc3ccccc32)cc1C. The monoisotopic (exact) mass is 437 g/mol. The van der Waals surface area contributed by atoms with E-state index in [9.17, 15) is 14.4 Å². The van der Waals surface area contributed by atoms with Gasteiger partial charge in [-0.05, 0) is 68.5 Å². The summed E-state index contributed by atoms with van der Waals surface area (Å²) in [5, 5.41) is 2.04. The number of piperidine rings is 1. The normalized spacial score (nSPS) is 18.5. The van der Waals surface area contributed by atoms with Crippen LogP contribution in [0.2, 0.25) is 0 Å². The molecule has 0 unspecified atom stereocenters. The third kappa shape index (κ3) is 4.61. The number of thioether (sulfide) groups is 1. The summed E-state index contributed by atoms with van der Waals surface area (Å²) in [7, 11) is 0. The van der Waals surface area contributed by atoms with Gasteiger partial charge in [-0.2, -0.15) is 0 Å². The van der Waals surface area contributed by atoms with Crippen molar-refractivity contribution in [2.75, 3.05) is 29.9 Å². The van der Waals surface area contributed by atoms with Crippen molar-refractivity contribution in [3.63, 3.8) is 0 Å². The van der Waals surface area contributed by atoms with Crippen LogP contribution in [-0.2, 0) is 14.4 Å². The number of benzene rings is 2. The Labute approximate surface area is 187 Å². The minimum absolute atomic E-state index is 0.132. The van der Waals surface area contributed by atoms with Crippen molar-refractivity contribution < 1.29 is 14.4 Å². The predicted octanol–water partition coefficient (Wildman–Crippen LogP) is 3.76. The van der Waals surface area contributed by atoms with Gasteiger partial charge in [-0.3, -0.25) is 14.4 Å². The molecule has 3 amide bonds. The van der Waals surface area contributed by atoms with Crippen molar-refractivity contribution in [3.05, 3.63) is 53.6 Å². The van der Waals surface area contributed by atoms with Gasteiger partial charge in [0.1, 0.15) is 6.54 Å². The van der Waals surface area contributed by atoms with Crippen LogP contribution in [-0.4, -0.2) is 47.5 Å². The van der Waals surface area contributed by atoms with Crippen LogP contribution in [0.4, 0.5) is 11.4 Å². The predicted molar refractivity (Wildman–Crippen MR) is 123 cm³/mol. The Morgan fingerprint density at radius 1 is 1.03 bits per heavy atom. The van der Waals surface area contributed by atoms with E-state index in [1.165, 1.54) is 16.7 Å². The number of hydrogen-bond acceptors (Lipinski definition) is 4. The van der Waals surface area contributed by atoms with Crippen LogP contribution in [0.15, 0.2) is 47.4 Å². The first-order valence-corrected chi connectivity index (χ1v) is 11.5. The molecule has 1 saturated heterocycles. The van der Waals surface area contributed by atoms with E-state index in [0.717, 1.165) is 35.3 Å². The van der Waals surface area contributed by atoms with Gasteiger partial charge in [0.2, 0.25) is 11.8 Å². The molecule has 2 aromatic rings. The van der Waals surface area contributed by atoms with Crippen LogP contribution in [0.25, 0.3) is 0 Å². The fourth-order valence-corrected chi connectivity index (χ4v) is 5.17. The van der Waals surface area contributed by atoms with Crippen LogP contribution in [0.1, 0.15) is 30.4 Å². The lowest BCUT2D eigenvalue weighted by molar-refractivity contribution is -0.135. The second-order valence-electron chi connectivity index (χ2n) is 8.12. The highest BCUT2D eigenvalue weighted by Gasteiger charge is 2.40. The molecule has 1 N–H and O–H groups in total. The summed E-state index contributed by atoms with van der Waals surface area (Å²) in [5.74, 6) is -0.763. The molecule has 4 rings (SSSR count). The second-order valence-corrected chi connectivity index (χ2v) is 9.27. The van der Waals surface area contributed by atoms with E-state index in [1.54, 1.807) is 4.90 Å². The summed E-state index contributed by atoms with van der Waals surface area (Å²) in [4.78, 5) is 43.4. The van der Waals surface area contributed by atoms with Crippen molar-refractivity contribution in [3.8, 4) is 0 Å². The number of rotatable bonds is 4. The number of nitrogens with one attached hydrogen (secondary N) is 1. The molecule has 2 aliphatic heterocycles. The molecule has 0 saturated carbocycles. The number of anilines is 2. The van der Waals surface area contributed by atoms with Crippen molar-refractivity contribution in [2.45, 2.75) is 43.3 Å². The Bertz CT molecular complexity index is 1020. The highest BCUT2D eigenvalue weighted by Crippen LogP contribution is 2.40. The maximum absolute atomic E-state index is 13.3. The molecule has 31 heavy (non-hydrogen) atoms. The van der Waals surface area contributed by atoms with E-state index in [0.29, 0.717) is 24.5 Å². The van der Waals surface area contributed by atoms with Crippen LogP contribution in [0.3, 0.4) is 0 Å². The third-order valence-electron chi connectivity index (χ3n) is 5.88. The Hall–Kier alpha value is -2.80. The highest BCUT2D eigenvalue weighted by atomic mass is 32.2. The quantitative estimate of drug-likeness (QED) is 0.740. The number of carbonyl (C=O) groups is 3. The first-order valence-electron chi connectivity index (χ1n) is 10.7. The minimum Gasteiger partial charge on any atom is -0.341 e. The smallest absolute Gasteiger partial charge is 0.250 e. The number of aryl methyl sites for hydroxylation is 2. The van der Waals surface area contributed by atoms with Gasteiger partial charge in [-0.25, -0.2) is 0 Å². The van der Waals surface area contributed by atoms with Crippen LogP contribution in [0.5, 0.6) is 0 Å². The van der Waals surface area contributed by atoms with Crippen LogP contribution >= 0.6 is 11.8 Å². The molecule has 2 aliphatic rings. The number of para-hydroxylation sites is 1. The van der Waals surface area contributed by atoms with Gasteiger partial charge in [0, 0.05) is 23.7 Å². The lowest BCUT2D eigenvalue weighted by Gasteiger charge is -2.36. The van der Waals surface area contributed by atoms with E-state index >= 15 is 0 Å². The first kappa shape index (κ1) is 21.4. The molecule has 162 valence electrons. The highest BCUT2D eigenvalue weighted by molar-refractivity contribution is 8.01. The number of fused-ring (bicyclic) bond motifs is 1. The Kier molecular flexibility index (Phi) is 6.32. The van der Waals surface area contributed by atoms with Gasteiger partial charge >= 0.3 is 0 Å². The van der Waals surface area contributed by atoms with Crippen LogP contribution < -0.4 is 10.2 Å². The largest absolute Gasteiger partial charge is 0.341 e. The summed E-state index contributed by atoms with van der Waals surface area (Å²) < 4.78 is 0. The summed E-state index contributed by atoms with van der Waals surface area (Å²) in [6.07, 6.45) is 3.05. The van der Waals surface area contributed by atoms with E-state index in [2.05, 4.69) is 5.32 Å². The van der Waals surface area contributed by atoms with Crippen molar-refractivity contribution in [1.82, 2.24) is 4.90 Å². The van der Waals surface area contributed by atoms with Gasteiger partial charge in [0.15, 0.2) is 5.25 Å². The second kappa shape index (κ2) is 9.14. The van der Waals surface area contributed by atoms with Gasteiger partial charge in [-0.1, -0.05) is 18.2 Å². The number of hydrogen-bond donors (Lipinski definition) is 1. The van der Waals surface area contributed by atoms with Crippen molar-refractivity contribution in [1.29, 1.82) is 0 Å². The number of nitrogens with zero attached hydrogens (tertiary/aromatic N) is 2. The first-order chi connectivity index (χ1) is 14.9. The molecule has 0 radical (unpaired) electrons. The molecule has 1 fully saturated rings. The summed E-state index contributed by atoms with van der Waals surface area (Å²) in [6, 6.07) is 13.2. The average molecular weight is 438 g/mol. The summed E-state index contributed by atoms with van der Waals surface area (Å²) >= 11 is 1.29. The van der Waals surface area contributed by atoms with Crippen LogP contribution in [0, 0.1) is 13.8 Å². The molecule has 2 aromatic carbocycles. The Morgan fingerprint density at radius 3 is 2.52 bits per heavy atom. The molecule has 6 nitrogen and oxygen atoms in total. The number of amides is 3. The van der Waals surface area contributed by atoms with Crippen molar-refractivity contribution >= 4 is 40.9 Å². The molecule has 0 bridgehead atoms. The zero-order valence-corrected chi connectivity index (χ0v) is 18.7. The van der Waals surface area contributed by atoms with Gasteiger partial charge < -0.3 is 15.1 Å².